The first-order valence-corrected chi connectivity index (χ1v) is 12.2. The largest absolute Gasteiger partial charge is 0.335 e. The third-order valence-electron chi connectivity index (χ3n) is 6.64. The molecule has 8 rings (SSSR count). The van der Waals surface area contributed by atoms with E-state index in [9.17, 15) is 4.79 Å². The SMILES string of the molecule is O=C(C1CC1)n1c2cncc(c2)c2ncc3[nH]nc(c4nc5c(cncc5c5ccc1s5)[nH]4)c3c2F. The van der Waals surface area contributed by atoms with Gasteiger partial charge in [0.2, 0.25) is 5.91 Å². The fourth-order valence-corrected chi connectivity index (χ4v) is 5.76. The molecule has 11 heteroatoms. The molecule has 1 aliphatic rings. The molecule has 1 fully saturated rings. The van der Waals surface area contributed by atoms with Gasteiger partial charge in [0, 0.05) is 33.8 Å². The molecule has 0 saturated heterocycles. The summed E-state index contributed by atoms with van der Waals surface area (Å²) in [6.07, 6.45) is 9.88. The highest BCUT2D eigenvalue weighted by Gasteiger charge is 2.31. The fourth-order valence-electron chi connectivity index (χ4n) is 4.72. The molecule has 7 heterocycles. The van der Waals surface area contributed by atoms with Crippen molar-refractivity contribution in [2.24, 2.45) is 5.92 Å². The molecule has 0 aromatic carbocycles. The first kappa shape index (κ1) is 19.8. The van der Waals surface area contributed by atoms with Gasteiger partial charge in [-0.15, -0.1) is 11.3 Å². The second-order valence-corrected chi connectivity index (χ2v) is 10.0. The van der Waals surface area contributed by atoms with E-state index in [0.717, 1.165) is 27.8 Å². The van der Waals surface area contributed by atoms with Gasteiger partial charge in [0.1, 0.15) is 21.4 Å². The molecule has 1 aliphatic carbocycles. The molecular weight excluding hydrogens is 479 g/mol. The fraction of sp³-hybridized carbons (Fsp3) is 0.120. The minimum atomic E-state index is -0.540. The summed E-state index contributed by atoms with van der Waals surface area (Å²) in [5.74, 6) is -0.562. The average Bonchev–Trinajstić information content (AvgIpc) is 3.26. The summed E-state index contributed by atoms with van der Waals surface area (Å²) in [7, 11) is 0. The van der Waals surface area contributed by atoms with Gasteiger partial charge < -0.3 is 4.98 Å². The van der Waals surface area contributed by atoms with Gasteiger partial charge in [-0.3, -0.25) is 29.4 Å². The Kier molecular flexibility index (Phi) is 3.85. The molecule has 1 saturated carbocycles. The highest BCUT2D eigenvalue weighted by molar-refractivity contribution is 7.24. The first-order chi connectivity index (χ1) is 17.7. The number of imidazole rings is 1. The summed E-state index contributed by atoms with van der Waals surface area (Å²) in [5, 5.41) is 8.77. The highest BCUT2D eigenvalue weighted by Crippen LogP contribution is 2.35. The number of halogens is 1. The summed E-state index contributed by atoms with van der Waals surface area (Å²) in [6, 6.07) is 5.65. The molecule has 0 unspecified atom stereocenters. The molecule has 0 atom stereocenters. The van der Waals surface area contributed by atoms with Gasteiger partial charge in [-0.2, -0.15) is 5.10 Å². The van der Waals surface area contributed by atoms with Crippen molar-refractivity contribution in [1.82, 2.24) is 39.7 Å². The summed E-state index contributed by atoms with van der Waals surface area (Å²) in [4.78, 5) is 35.4. The van der Waals surface area contributed by atoms with Crippen LogP contribution in [-0.4, -0.2) is 45.6 Å². The van der Waals surface area contributed by atoms with Gasteiger partial charge in [0.25, 0.3) is 0 Å². The van der Waals surface area contributed by atoms with Crippen LogP contribution in [0.15, 0.2) is 49.2 Å². The maximum atomic E-state index is 16.0. The quantitative estimate of drug-likeness (QED) is 0.315. The maximum absolute atomic E-state index is 16.0. The van der Waals surface area contributed by atoms with Crippen molar-refractivity contribution >= 4 is 81.7 Å². The summed E-state index contributed by atoms with van der Waals surface area (Å²) in [6.45, 7) is 0. The van der Waals surface area contributed by atoms with Crippen LogP contribution < -0.4 is 0 Å². The van der Waals surface area contributed by atoms with Crippen LogP contribution in [0.25, 0.3) is 64.4 Å². The van der Waals surface area contributed by atoms with Crippen LogP contribution >= 0.6 is 11.3 Å². The predicted octanol–water partition coefficient (Wildman–Crippen LogP) is 5.41. The zero-order chi connectivity index (χ0) is 24.0. The smallest absolute Gasteiger partial charge is 0.235 e. The van der Waals surface area contributed by atoms with Gasteiger partial charge >= 0.3 is 0 Å². The lowest BCUT2D eigenvalue weighted by Gasteiger charge is -2.07. The van der Waals surface area contributed by atoms with Crippen LogP contribution in [0.2, 0.25) is 0 Å². The summed E-state index contributed by atoms with van der Waals surface area (Å²) in [5.41, 5.74) is 3.31. The standard InChI is InChI=1S/C25H15FN8OS/c26-20-19-15-10-29-21(20)12-5-13(7-27-6-12)34(25(35)11-1-2-11)18-4-3-17(36-18)14-8-28-9-16-22(14)31-24(30-16)23(19)33-32-15/h3-11H,1-2H2,(H,30,31)(H,32,33). The van der Waals surface area contributed by atoms with Crippen molar-refractivity contribution in [2.75, 3.05) is 0 Å². The van der Waals surface area contributed by atoms with E-state index in [1.165, 1.54) is 11.3 Å². The van der Waals surface area contributed by atoms with E-state index in [1.54, 1.807) is 41.6 Å². The molecule has 0 aliphatic heterocycles. The van der Waals surface area contributed by atoms with Gasteiger partial charge in [-0.1, -0.05) is 0 Å². The lowest BCUT2D eigenvalue weighted by molar-refractivity contribution is 0.0896. The van der Waals surface area contributed by atoms with E-state index in [1.807, 2.05) is 12.1 Å². The van der Waals surface area contributed by atoms with E-state index in [4.69, 9.17) is 4.98 Å². The van der Waals surface area contributed by atoms with Crippen molar-refractivity contribution in [3.05, 3.63) is 55.0 Å². The molecule has 7 aromatic rings. The van der Waals surface area contributed by atoms with Crippen molar-refractivity contribution < 1.29 is 9.18 Å². The van der Waals surface area contributed by atoms with Crippen LogP contribution in [0.3, 0.4) is 0 Å². The zero-order valence-electron chi connectivity index (χ0n) is 18.5. The van der Waals surface area contributed by atoms with Crippen LogP contribution in [0.4, 0.5) is 4.39 Å². The number of carbonyl (C=O) groups is 1. The number of rotatable bonds is 1. The molecule has 36 heavy (non-hydrogen) atoms. The van der Waals surface area contributed by atoms with E-state index in [2.05, 4.69) is 30.1 Å². The second kappa shape index (κ2) is 7.01. The molecule has 9 nitrogen and oxygen atoms in total. The molecule has 7 aromatic heterocycles. The minimum Gasteiger partial charge on any atom is -0.335 e. The third kappa shape index (κ3) is 2.74. The Bertz CT molecular complexity index is 2110. The number of carbonyl (C=O) groups excluding carboxylic acids is 1. The van der Waals surface area contributed by atoms with E-state index in [-0.39, 0.29) is 22.7 Å². The number of aromatic amines is 2. The first-order valence-electron chi connectivity index (χ1n) is 11.4. The van der Waals surface area contributed by atoms with Gasteiger partial charge in [-0.25, -0.2) is 9.37 Å². The molecular formula is C25H15FN8OS. The molecule has 2 N–H and O–H groups in total. The zero-order valence-corrected chi connectivity index (χ0v) is 19.3. The second-order valence-electron chi connectivity index (χ2n) is 8.97. The molecule has 174 valence electrons. The molecule has 0 amide bonds. The van der Waals surface area contributed by atoms with Gasteiger partial charge in [0.05, 0.1) is 40.5 Å². The van der Waals surface area contributed by atoms with Crippen molar-refractivity contribution in [2.45, 2.75) is 12.8 Å². The monoisotopic (exact) mass is 494 g/mol. The Morgan fingerprint density at radius 2 is 1.92 bits per heavy atom. The average molecular weight is 495 g/mol. The summed E-state index contributed by atoms with van der Waals surface area (Å²) >= 11 is 1.47. The van der Waals surface area contributed by atoms with Gasteiger partial charge in [-0.05, 0) is 31.0 Å². The summed E-state index contributed by atoms with van der Waals surface area (Å²) < 4.78 is 18.6. The van der Waals surface area contributed by atoms with Crippen LogP contribution in [0.5, 0.6) is 0 Å². The number of fused-ring (bicyclic) bond motifs is 9. The predicted molar refractivity (Wildman–Crippen MR) is 136 cm³/mol. The number of thiophene rings is 1. The number of nitrogens with zero attached hydrogens (tertiary/aromatic N) is 6. The number of nitrogens with one attached hydrogen (secondary N) is 2. The number of H-pyrrole nitrogens is 2. The van der Waals surface area contributed by atoms with Gasteiger partial charge in [0.15, 0.2) is 11.5 Å². The normalized spacial score (nSPS) is 14.0. The maximum Gasteiger partial charge on any atom is 0.235 e. The Morgan fingerprint density at radius 1 is 1.03 bits per heavy atom. The Balaban J connectivity index is 1.67. The van der Waals surface area contributed by atoms with E-state index < -0.39 is 5.82 Å². The van der Waals surface area contributed by atoms with Crippen LogP contribution in [0, 0.1) is 11.7 Å². The van der Waals surface area contributed by atoms with Crippen molar-refractivity contribution in [1.29, 1.82) is 0 Å². The molecule has 0 spiro atoms. The van der Waals surface area contributed by atoms with Crippen LogP contribution in [0.1, 0.15) is 17.6 Å². The van der Waals surface area contributed by atoms with Crippen LogP contribution in [-0.2, 0) is 0 Å². The topological polar surface area (TPSA) is 118 Å². The Labute approximate surface area is 204 Å². The Morgan fingerprint density at radius 3 is 2.81 bits per heavy atom. The lowest BCUT2D eigenvalue weighted by atomic mass is 10.2. The lowest BCUT2D eigenvalue weighted by Crippen LogP contribution is -2.12. The molecule has 0 radical (unpaired) electrons. The van der Waals surface area contributed by atoms with Crippen molar-refractivity contribution in [3.8, 4) is 0 Å². The highest BCUT2D eigenvalue weighted by atomic mass is 32.1. The van der Waals surface area contributed by atoms with Crippen molar-refractivity contribution in [3.63, 3.8) is 0 Å². The van der Waals surface area contributed by atoms with E-state index in [0.29, 0.717) is 38.6 Å². The number of pyridine rings is 3. The molecule has 8 bridgehead atoms. The number of hydrogen-bond donors (Lipinski definition) is 2. The third-order valence-corrected chi connectivity index (χ3v) is 7.75. The number of hydrogen-bond acceptors (Lipinski definition) is 7. The minimum absolute atomic E-state index is 0.00561. The van der Waals surface area contributed by atoms with E-state index >= 15 is 4.39 Å². The Hall–Kier alpha value is -4.51. The number of aromatic nitrogens is 8.